The van der Waals surface area contributed by atoms with E-state index in [1.165, 1.54) is 10.6 Å². The Bertz CT molecular complexity index is 1020. The summed E-state index contributed by atoms with van der Waals surface area (Å²) in [5.41, 5.74) is 3.43. The molecule has 3 rings (SSSR count). The summed E-state index contributed by atoms with van der Waals surface area (Å²) in [4.78, 5) is 2.14. The Balaban J connectivity index is 1.88. The zero-order chi connectivity index (χ0) is 22.4. The normalized spacial score (nSPS) is 15.1. The van der Waals surface area contributed by atoms with Gasteiger partial charge in [-0.15, -0.1) is 0 Å². The van der Waals surface area contributed by atoms with Crippen LogP contribution in [0.15, 0.2) is 42.5 Å². The van der Waals surface area contributed by atoms with Gasteiger partial charge in [-0.2, -0.15) is 9.57 Å². The summed E-state index contributed by atoms with van der Waals surface area (Å²) in [7, 11) is -0.0877. The molecule has 0 aliphatic carbocycles. The topological polar surface area (TPSA) is 92.1 Å². The van der Waals surface area contributed by atoms with E-state index >= 15 is 0 Å². The Morgan fingerprint density at radius 1 is 1.00 bits per heavy atom. The molecular formula is C22H27N3O5S. The number of sulfonamides is 1. The molecule has 8 nitrogen and oxygen atoms in total. The first-order valence-corrected chi connectivity index (χ1v) is 11.7. The number of anilines is 1. The molecule has 166 valence electrons. The third-order valence-corrected chi connectivity index (χ3v) is 6.53. The van der Waals surface area contributed by atoms with Crippen molar-refractivity contribution in [2.75, 3.05) is 58.2 Å². The number of nitriles is 1. The predicted octanol–water partition coefficient (Wildman–Crippen LogP) is 2.30. The molecule has 1 fully saturated rings. The number of methoxy groups -OCH3 is 2. The SMILES string of the molecule is COC(COc1cc(-c2ccc(C#N)cc2)cc(N2CCN(S(C)(=O)=O)CC2)c1)OC. The summed E-state index contributed by atoms with van der Waals surface area (Å²) in [6, 6.07) is 15.4. The molecule has 31 heavy (non-hydrogen) atoms. The van der Waals surface area contributed by atoms with E-state index in [0.717, 1.165) is 16.8 Å². The molecule has 0 spiro atoms. The third-order valence-electron chi connectivity index (χ3n) is 5.22. The van der Waals surface area contributed by atoms with Gasteiger partial charge < -0.3 is 19.1 Å². The van der Waals surface area contributed by atoms with E-state index in [4.69, 9.17) is 19.5 Å². The highest BCUT2D eigenvalue weighted by atomic mass is 32.2. The van der Waals surface area contributed by atoms with Crippen LogP contribution >= 0.6 is 0 Å². The molecule has 0 atom stereocenters. The lowest BCUT2D eigenvalue weighted by Crippen LogP contribution is -2.48. The van der Waals surface area contributed by atoms with E-state index < -0.39 is 16.3 Å². The minimum absolute atomic E-state index is 0.227. The van der Waals surface area contributed by atoms with Gasteiger partial charge >= 0.3 is 0 Å². The van der Waals surface area contributed by atoms with Crippen molar-refractivity contribution in [3.63, 3.8) is 0 Å². The van der Waals surface area contributed by atoms with Crippen LogP contribution in [0.1, 0.15) is 5.56 Å². The fourth-order valence-electron chi connectivity index (χ4n) is 3.43. The number of hydrogen-bond donors (Lipinski definition) is 0. The standard InChI is InChI=1S/C22H27N3O5S/c1-28-22(29-2)16-30-21-13-19(18-6-4-17(15-23)5-7-18)12-20(14-21)24-8-10-25(11-9-24)31(3,26)27/h4-7,12-14,22H,8-11,16H2,1-3H3. The van der Waals surface area contributed by atoms with Crippen molar-refractivity contribution < 1.29 is 22.6 Å². The molecule has 0 N–H and O–H groups in total. The maximum atomic E-state index is 11.8. The molecule has 1 saturated heterocycles. The maximum Gasteiger partial charge on any atom is 0.211 e. The van der Waals surface area contributed by atoms with Crippen molar-refractivity contribution >= 4 is 15.7 Å². The quantitative estimate of drug-likeness (QED) is 0.576. The first-order valence-electron chi connectivity index (χ1n) is 9.88. The lowest BCUT2D eigenvalue weighted by Gasteiger charge is -2.35. The van der Waals surface area contributed by atoms with Gasteiger partial charge in [0.25, 0.3) is 0 Å². The summed E-state index contributed by atoms with van der Waals surface area (Å²) in [6.07, 6.45) is 0.752. The van der Waals surface area contributed by atoms with Crippen LogP contribution in [0.4, 0.5) is 5.69 Å². The van der Waals surface area contributed by atoms with Gasteiger partial charge in [0.15, 0.2) is 6.29 Å². The Labute approximate surface area is 183 Å². The van der Waals surface area contributed by atoms with Crippen LogP contribution < -0.4 is 9.64 Å². The van der Waals surface area contributed by atoms with Crippen LogP contribution in [-0.4, -0.2) is 72.3 Å². The van der Waals surface area contributed by atoms with Gasteiger partial charge in [0.05, 0.1) is 17.9 Å². The molecule has 0 aromatic heterocycles. The summed E-state index contributed by atoms with van der Waals surface area (Å²) < 4.78 is 41.5. The Hall–Kier alpha value is -2.64. The molecule has 1 heterocycles. The van der Waals surface area contributed by atoms with Crippen LogP contribution in [0.3, 0.4) is 0 Å². The lowest BCUT2D eigenvalue weighted by atomic mass is 10.0. The zero-order valence-corrected chi connectivity index (χ0v) is 18.8. The molecule has 1 aliphatic rings. The van der Waals surface area contributed by atoms with Gasteiger partial charge in [-0.25, -0.2) is 8.42 Å². The van der Waals surface area contributed by atoms with Crippen molar-refractivity contribution in [1.82, 2.24) is 4.31 Å². The monoisotopic (exact) mass is 445 g/mol. The second kappa shape index (κ2) is 10.1. The van der Waals surface area contributed by atoms with E-state index in [0.29, 0.717) is 37.5 Å². The average Bonchev–Trinajstić information content (AvgIpc) is 2.79. The largest absolute Gasteiger partial charge is 0.488 e. The summed E-state index contributed by atoms with van der Waals surface area (Å²) in [5, 5.41) is 9.06. The Morgan fingerprint density at radius 3 is 2.19 bits per heavy atom. The molecule has 0 saturated carbocycles. The van der Waals surface area contributed by atoms with Crippen molar-refractivity contribution in [1.29, 1.82) is 5.26 Å². The lowest BCUT2D eigenvalue weighted by molar-refractivity contribution is -0.121. The van der Waals surface area contributed by atoms with Gasteiger partial charge in [-0.3, -0.25) is 0 Å². The molecule has 1 aliphatic heterocycles. The van der Waals surface area contributed by atoms with Crippen LogP contribution in [-0.2, 0) is 19.5 Å². The minimum atomic E-state index is -3.19. The van der Waals surface area contributed by atoms with E-state index in [1.807, 2.05) is 24.3 Å². The number of rotatable bonds is 8. The second-order valence-electron chi connectivity index (χ2n) is 7.27. The maximum absolute atomic E-state index is 11.8. The number of hydrogen-bond acceptors (Lipinski definition) is 7. The van der Waals surface area contributed by atoms with Crippen LogP contribution in [0.5, 0.6) is 5.75 Å². The highest BCUT2D eigenvalue weighted by Gasteiger charge is 2.24. The zero-order valence-electron chi connectivity index (χ0n) is 17.9. The van der Waals surface area contributed by atoms with Gasteiger partial charge in [0.2, 0.25) is 10.0 Å². The fraction of sp³-hybridized carbons (Fsp3) is 0.409. The van der Waals surface area contributed by atoms with Crippen LogP contribution in [0, 0.1) is 11.3 Å². The predicted molar refractivity (Wildman–Crippen MR) is 119 cm³/mol. The summed E-state index contributed by atoms with van der Waals surface area (Å²) >= 11 is 0. The molecule has 0 bridgehead atoms. The third kappa shape index (κ3) is 5.95. The minimum Gasteiger partial charge on any atom is -0.488 e. The van der Waals surface area contributed by atoms with E-state index in [2.05, 4.69) is 17.0 Å². The van der Waals surface area contributed by atoms with Crippen LogP contribution in [0.2, 0.25) is 0 Å². The van der Waals surface area contributed by atoms with E-state index in [1.54, 1.807) is 26.4 Å². The smallest absolute Gasteiger partial charge is 0.211 e. The average molecular weight is 446 g/mol. The molecular weight excluding hydrogens is 418 g/mol. The van der Waals surface area contributed by atoms with Crippen molar-refractivity contribution in [2.24, 2.45) is 0 Å². The second-order valence-corrected chi connectivity index (χ2v) is 9.25. The van der Waals surface area contributed by atoms with Gasteiger partial charge in [0, 0.05) is 52.2 Å². The van der Waals surface area contributed by atoms with Crippen molar-refractivity contribution in [3.8, 4) is 22.9 Å². The number of nitrogens with zero attached hydrogens (tertiary/aromatic N) is 3. The molecule has 2 aromatic carbocycles. The van der Waals surface area contributed by atoms with E-state index in [9.17, 15) is 8.42 Å². The van der Waals surface area contributed by atoms with Crippen molar-refractivity contribution in [3.05, 3.63) is 48.0 Å². The highest BCUT2D eigenvalue weighted by Crippen LogP contribution is 2.31. The highest BCUT2D eigenvalue weighted by molar-refractivity contribution is 7.88. The molecule has 0 unspecified atom stereocenters. The molecule has 0 radical (unpaired) electrons. The van der Waals surface area contributed by atoms with E-state index in [-0.39, 0.29) is 6.61 Å². The summed E-state index contributed by atoms with van der Waals surface area (Å²) in [5.74, 6) is 0.654. The van der Waals surface area contributed by atoms with Gasteiger partial charge in [-0.1, -0.05) is 12.1 Å². The van der Waals surface area contributed by atoms with Crippen molar-refractivity contribution in [2.45, 2.75) is 6.29 Å². The molecule has 9 heteroatoms. The number of benzene rings is 2. The number of ether oxygens (including phenoxy) is 3. The fourth-order valence-corrected chi connectivity index (χ4v) is 4.25. The van der Waals surface area contributed by atoms with Gasteiger partial charge in [-0.05, 0) is 35.4 Å². The van der Waals surface area contributed by atoms with Crippen LogP contribution in [0.25, 0.3) is 11.1 Å². The molecule has 0 amide bonds. The summed E-state index contributed by atoms with van der Waals surface area (Å²) in [6.45, 7) is 2.27. The first kappa shape index (κ1) is 23.0. The number of piperazine rings is 1. The first-order chi connectivity index (χ1) is 14.8. The van der Waals surface area contributed by atoms with Gasteiger partial charge in [0.1, 0.15) is 12.4 Å². The Morgan fingerprint density at radius 2 is 1.65 bits per heavy atom. The Kier molecular flexibility index (Phi) is 7.51. The molecule has 2 aromatic rings.